The van der Waals surface area contributed by atoms with Gasteiger partial charge in [0.1, 0.15) is 0 Å². The zero-order chi connectivity index (χ0) is 10.8. The fourth-order valence-corrected chi connectivity index (χ4v) is 2.20. The van der Waals surface area contributed by atoms with Gasteiger partial charge in [-0.15, -0.1) is 11.3 Å². The molecule has 0 aliphatic heterocycles. The molecule has 2 aromatic rings. The van der Waals surface area contributed by atoms with Crippen molar-refractivity contribution < 1.29 is 13.9 Å². The molecular formula is C9H6ClNO3S. The van der Waals surface area contributed by atoms with Crippen molar-refractivity contribution in [2.24, 2.45) is 0 Å². The second-order valence-electron chi connectivity index (χ2n) is 2.61. The predicted molar refractivity (Wildman–Crippen MR) is 56.2 cm³/mol. The summed E-state index contributed by atoms with van der Waals surface area (Å²) in [6, 6.07) is 3.48. The molecule has 2 rings (SSSR count). The highest BCUT2D eigenvalue weighted by atomic mass is 35.5. The van der Waals surface area contributed by atoms with E-state index in [1.807, 2.05) is 0 Å². The van der Waals surface area contributed by atoms with Gasteiger partial charge < -0.3 is 9.15 Å². The van der Waals surface area contributed by atoms with Gasteiger partial charge in [-0.3, -0.25) is 0 Å². The van der Waals surface area contributed by atoms with Gasteiger partial charge in [-0.05, 0) is 12.1 Å². The van der Waals surface area contributed by atoms with Crippen LogP contribution in [0.4, 0.5) is 0 Å². The van der Waals surface area contributed by atoms with Crippen LogP contribution < -0.4 is 0 Å². The van der Waals surface area contributed by atoms with Gasteiger partial charge in [-0.1, -0.05) is 11.6 Å². The summed E-state index contributed by atoms with van der Waals surface area (Å²) in [5.74, 6) is 0.0901. The molecule has 0 radical (unpaired) electrons. The topological polar surface area (TPSA) is 52.3 Å². The largest absolute Gasteiger partial charge is 0.465 e. The Morgan fingerprint density at radius 2 is 2.47 bits per heavy atom. The van der Waals surface area contributed by atoms with Crippen LogP contribution in [0.15, 0.2) is 22.8 Å². The molecule has 0 saturated carbocycles. The molecule has 0 aliphatic rings. The van der Waals surface area contributed by atoms with Gasteiger partial charge in [-0.25, -0.2) is 9.78 Å². The molecule has 0 N–H and O–H groups in total. The molecule has 0 unspecified atom stereocenters. The lowest BCUT2D eigenvalue weighted by Crippen LogP contribution is -1.98. The van der Waals surface area contributed by atoms with Crippen LogP contribution >= 0.6 is 22.9 Å². The van der Waals surface area contributed by atoms with Crippen LogP contribution in [-0.2, 0) is 4.74 Å². The molecule has 4 nitrogen and oxygen atoms in total. The van der Waals surface area contributed by atoms with Crippen LogP contribution in [0.1, 0.15) is 9.67 Å². The Kier molecular flexibility index (Phi) is 2.75. The number of ether oxygens (including phenoxy) is 1. The average Bonchev–Trinajstić information content (AvgIpc) is 2.84. The Labute approximate surface area is 94.5 Å². The molecule has 15 heavy (non-hydrogen) atoms. The monoisotopic (exact) mass is 243 g/mol. The number of carbonyl (C=O) groups is 1. The molecule has 0 spiro atoms. The fourth-order valence-electron chi connectivity index (χ4n) is 1.03. The average molecular weight is 244 g/mol. The van der Waals surface area contributed by atoms with Gasteiger partial charge in [0.2, 0.25) is 0 Å². The minimum atomic E-state index is -0.490. The third-order valence-corrected chi connectivity index (χ3v) is 3.12. The third-order valence-electron chi connectivity index (χ3n) is 1.69. The summed E-state index contributed by atoms with van der Waals surface area (Å²) in [6.07, 6.45) is 1.53. The summed E-state index contributed by atoms with van der Waals surface area (Å²) in [5, 5.41) is 0.698. The first-order valence-corrected chi connectivity index (χ1v) is 5.20. The van der Waals surface area contributed by atoms with Crippen molar-refractivity contribution in [2.75, 3.05) is 7.11 Å². The molecule has 0 aromatic carbocycles. The Balaban J connectivity index is 2.41. The van der Waals surface area contributed by atoms with Crippen molar-refractivity contribution in [1.29, 1.82) is 0 Å². The van der Waals surface area contributed by atoms with Crippen molar-refractivity contribution >= 4 is 28.9 Å². The van der Waals surface area contributed by atoms with E-state index in [2.05, 4.69) is 9.72 Å². The number of thiazole rings is 1. The second-order valence-corrected chi connectivity index (χ2v) is 3.96. The summed E-state index contributed by atoms with van der Waals surface area (Å²) in [5.41, 5.74) is 0. The molecule has 0 saturated heterocycles. The van der Waals surface area contributed by atoms with Crippen molar-refractivity contribution in [3.63, 3.8) is 0 Å². The number of esters is 1. The maximum absolute atomic E-state index is 11.3. The van der Waals surface area contributed by atoms with E-state index in [4.69, 9.17) is 16.0 Å². The van der Waals surface area contributed by atoms with E-state index >= 15 is 0 Å². The number of furan rings is 1. The van der Waals surface area contributed by atoms with Crippen molar-refractivity contribution in [1.82, 2.24) is 4.98 Å². The zero-order valence-corrected chi connectivity index (χ0v) is 9.26. The summed E-state index contributed by atoms with van der Waals surface area (Å²) < 4.78 is 9.70. The number of rotatable bonds is 2. The predicted octanol–water partition coefficient (Wildman–Crippen LogP) is 2.84. The lowest BCUT2D eigenvalue weighted by molar-refractivity contribution is 0.0606. The quantitative estimate of drug-likeness (QED) is 0.761. The number of carbonyl (C=O) groups excluding carboxylic acids is 1. The standard InChI is InChI=1S/C9H6ClNO3S/c1-13-9(12)6-7(10)11-8(15-6)5-3-2-4-14-5/h2-4H,1H3. The molecule has 0 amide bonds. The smallest absolute Gasteiger partial charge is 0.351 e. The van der Waals surface area contributed by atoms with Gasteiger partial charge in [0, 0.05) is 0 Å². The van der Waals surface area contributed by atoms with E-state index in [1.165, 1.54) is 13.4 Å². The number of methoxy groups -OCH3 is 1. The van der Waals surface area contributed by atoms with E-state index in [1.54, 1.807) is 12.1 Å². The van der Waals surface area contributed by atoms with E-state index in [-0.39, 0.29) is 10.0 Å². The number of halogens is 1. The van der Waals surface area contributed by atoms with E-state index in [9.17, 15) is 4.79 Å². The van der Waals surface area contributed by atoms with Gasteiger partial charge in [0.05, 0.1) is 13.4 Å². The molecule has 2 aromatic heterocycles. The molecule has 0 fully saturated rings. The molecule has 0 bridgehead atoms. The molecule has 6 heteroatoms. The van der Waals surface area contributed by atoms with Crippen LogP contribution in [0.3, 0.4) is 0 Å². The first-order valence-electron chi connectivity index (χ1n) is 4.01. The maximum atomic E-state index is 11.3. The summed E-state index contributed by atoms with van der Waals surface area (Å²) in [4.78, 5) is 15.5. The van der Waals surface area contributed by atoms with E-state index in [0.29, 0.717) is 10.8 Å². The molecule has 0 aliphatic carbocycles. The van der Waals surface area contributed by atoms with Crippen LogP contribution in [0.5, 0.6) is 0 Å². The Bertz CT molecular complexity index is 478. The fraction of sp³-hybridized carbons (Fsp3) is 0.111. The van der Waals surface area contributed by atoms with Crippen molar-refractivity contribution in [2.45, 2.75) is 0 Å². The summed E-state index contributed by atoms with van der Waals surface area (Å²) in [6.45, 7) is 0. The first kappa shape index (κ1) is 10.2. The second kappa shape index (κ2) is 4.04. The number of nitrogens with zero attached hydrogens (tertiary/aromatic N) is 1. The highest BCUT2D eigenvalue weighted by Crippen LogP contribution is 2.31. The van der Waals surface area contributed by atoms with E-state index < -0.39 is 5.97 Å². The number of hydrogen-bond acceptors (Lipinski definition) is 5. The van der Waals surface area contributed by atoms with Crippen molar-refractivity contribution in [3.05, 3.63) is 28.4 Å². The minimum absolute atomic E-state index is 0.137. The number of aromatic nitrogens is 1. The lowest BCUT2D eigenvalue weighted by Gasteiger charge is -1.92. The third kappa shape index (κ3) is 1.88. The highest BCUT2D eigenvalue weighted by molar-refractivity contribution is 7.17. The van der Waals surface area contributed by atoms with E-state index in [0.717, 1.165) is 11.3 Å². The Hall–Kier alpha value is -1.33. The lowest BCUT2D eigenvalue weighted by atomic mass is 10.5. The van der Waals surface area contributed by atoms with Gasteiger partial charge in [-0.2, -0.15) is 0 Å². The van der Waals surface area contributed by atoms with Gasteiger partial charge in [0.15, 0.2) is 20.8 Å². The molecule has 0 atom stereocenters. The Morgan fingerprint density at radius 1 is 1.67 bits per heavy atom. The first-order chi connectivity index (χ1) is 7.22. The minimum Gasteiger partial charge on any atom is -0.465 e. The maximum Gasteiger partial charge on any atom is 0.351 e. The zero-order valence-electron chi connectivity index (χ0n) is 7.69. The summed E-state index contributed by atoms with van der Waals surface area (Å²) >= 11 is 6.93. The van der Waals surface area contributed by atoms with Crippen LogP contribution in [0, 0.1) is 0 Å². The van der Waals surface area contributed by atoms with Crippen LogP contribution in [-0.4, -0.2) is 18.1 Å². The number of hydrogen-bond donors (Lipinski definition) is 0. The normalized spacial score (nSPS) is 10.3. The van der Waals surface area contributed by atoms with Crippen LogP contribution in [0.25, 0.3) is 10.8 Å². The molecule has 78 valence electrons. The Morgan fingerprint density at radius 3 is 3.07 bits per heavy atom. The molecular weight excluding hydrogens is 238 g/mol. The van der Waals surface area contributed by atoms with Gasteiger partial charge >= 0.3 is 5.97 Å². The summed E-state index contributed by atoms with van der Waals surface area (Å²) in [7, 11) is 1.30. The van der Waals surface area contributed by atoms with Crippen molar-refractivity contribution in [3.8, 4) is 10.8 Å². The SMILES string of the molecule is COC(=O)c1sc(-c2ccco2)nc1Cl. The molecule has 2 heterocycles. The highest BCUT2D eigenvalue weighted by Gasteiger charge is 2.18. The van der Waals surface area contributed by atoms with Crippen LogP contribution in [0.2, 0.25) is 5.15 Å². The van der Waals surface area contributed by atoms with Gasteiger partial charge in [0.25, 0.3) is 0 Å².